The molecule has 1 aliphatic carbocycles. The van der Waals surface area contributed by atoms with Crippen LogP contribution in [0.3, 0.4) is 0 Å². The van der Waals surface area contributed by atoms with E-state index in [2.05, 4.69) is 10.3 Å². The van der Waals surface area contributed by atoms with E-state index >= 15 is 0 Å². The predicted molar refractivity (Wildman–Crippen MR) is 82.1 cm³/mol. The number of nitrogens with two attached hydrogens (primary N) is 1. The van der Waals surface area contributed by atoms with Gasteiger partial charge in [-0.1, -0.05) is 18.2 Å². The highest BCUT2D eigenvalue weighted by Gasteiger charge is 2.26. The minimum atomic E-state index is -0.0953. The topological polar surface area (TPSA) is 77.2 Å². The van der Waals surface area contributed by atoms with Crippen molar-refractivity contribution in [3.63, 3.8) is 0 Å². The third-order valence-electron chi connectivity index (χ3n) is 4.03. The first-order chi connectivity index (χ1) is 10.2. The number of para-hydroxylation sites is 1. The van der Waals surface area contributed by atoms with Gasteiger partial charge >= 0.3 is 0 Å². The molecule has 5 nitrogen and oxygen atoms in total. The summed E-state index contributed by atoms with van der Waals surface area (Å²) in [5, 5.41) is 3.90. The van der Waals surface area contributed by atoms with Crippen LogP contribution in [0.15, 0.2) is 30.3 Å². The molecule has 0 saturated heterocycles. The van der Waals surface area contributed by atoms with E-state index in [-0.39, 0.29) is 18.1 Å². The highest BCUT2D eigenvalue weighted by Crippen LogP contribution is 2.23. The van der Waals surface area contributed by atoms with Gasteiger partial charge in [0, 0.05) is 18.5 Å². The normalized spacial score (nSPS) is 21.6. The Labute approximate surface area is 123 Å². The molecule has 0 aliphatic heterocycles. The molecule has 1 aliphatic rings. The van der Waals surface area contributed by atoms with Crippen molar-refractivity contribution in [2.45, 2.75) is 31.4 Å². The first-order valence-corrected chi connectivity index (χ1v) is 7.16. The van der Waals surface area contributed by atoms with Crippen LogP contribution in [-0.2, 0) is 4.74 Å². The second-order valence-electron chi connectivity index (χ2n) is 5.45. The van der Waals surface area contributed by atoms with Crippen LogP contribution in [0.2, 0.25) is 0 Å². The Kier molecular flexibility index (Phi) is 3.75. The van der Waals surface area contributed by atoms with E-state index in [1.807, 2.05) is 24.3 Å². The first kappa shape index (κ1) is 13.8. The number of nitrogen functional groups attached to an aromatic ring is 1. The number of methoxy groups -OCH3 is 1. The van der Waals surface area contributed by atoms with E-state index in [0.29, 0.717) is 11.4 Å². The summed E-state index contributed by atoms with van der Waals surface area (Å²) in [6, 6.07) is 9.34. The molecule has 0 bridgehead atoms. The van der Waals surface area contributed by atoms with Crippen LogP contribution in [0, 0.1) is 0 Å². The van der Waals surface area contributed by atoms with E-state index in [1.165, 1.54) is 0 Å². The molecule has 1 heterocycles. The third kappa shape index (κ3) is 2.83. The molecule has 0 radical (unpaired) electrons. The molecular formula is C16H19N3O2. The number of fused-ring (bicyclic) bond motifs is 1. The summed E-state index contributed by atoms with van der Waals surface area (Å²) in [6.07, 6.45) is 3.04. The van der Waals surface area contributed by atoms with Crippen molar-refractivity contribution in [1.29, 1.82) is 0 Å². The molecule has 3 N–H and O–H groups in total. The lowest BCUT2D eigenvalue weighted by molar-refractivity contribution is 0.0916. The Morgan fingerprint density at radius 1 is 1.38 bits per heavy atom. The van der Waals surface area contributed by atoms with Crippen LogP contribution in [-0.4, -0.2) is 30.1 Å². The van der Waals surface area contributed by atoms with E-state index in [0.717, 1.165) is 30.2 Å². The number of carbonyl (C=O) groups is 1. The molecule has 0 spiro atoms. The number of nitrogens with zero attached hydrogens (tertiary/aromatic N) is 1. The second-order valence-corrected chi connectivity index (χ2v) is 5.45. The lowest BCUT2D eigenvalue weighted by Crippen LogP contribution is -2.33. The van der Waals surface area contributed by atoms with Crippen molar-refractivity contribution in [2.75, 3.05) is 12.8 Å². The van der Waals surface area contributed by atoms with E-state index in [9.17, 15) is 4.79 Å². The number of pyridine rings is 1. The Morgan fingerprint density at radius 3 is 2.95 bits per heavy atom. The summed E-state index contributed by atoms with van der Waals surface area (Å²) in [5.41, 5.74) is 7.13. The Balaban J connectivity index is 1.85. The van der Waals surface area contributed by atoms with Crippen LogP contribution in [0.1, 0.15) is 29.6 Å². The highest BCUT2D eigenvalue weighted by atomic mass is 16.5. The standard InChI is InChI=1S/C16H19N3O2/c1-21-11-7-6-10(8-11)18-16(20)13-9-15(17)19-14-5-3-2-4-12(13)14/h2-5,9-11H,6-8H2,1H3,(H2,17,19)(H,18,20). The maximum atomic E-state index is 12.5. The van der Waals surface area contributed by atoms with Gasteiger partial charge in [-0.3, -0.25) is 4.79 Å². The van der Waals surface area contributed by atoms with Gasteiger partial charge in [0.1, 0.15) is 5.82 Å². The fourth-order valence-electron chi connectivity index (χ4n) is 2.93. The van der Waals surface area contributed by atoms with Crippen LogP contribution in [0.4, 0.5) is 5.82 Å². The van der Waals surface area contributed by atoms with Crippen molar-refractivity contribution in [3.8, 4) is 0 Å². The van der Waals surface area contributed by atoms with Crippen molar-refractivity contribution < 1.29 is 9.53 Å². The molecule has 1 saturated carbocycles. The van der Waals surface area contributed by atoms with E-state index in [1.54, 1.807) is 13.2 Å². The molecule has 1 amide bonds. The number of ether oxygens (including phenoxy) is 1. The molecule has 110 valence electrons. The van der Waals surface area contributed by atoms with Crippen molar-refractivity contribution >= 4 is 22.6 Å². The maximum absolute atomic E-state index is 12.5. The second kappa shape index (κ2) is 5.69. The molecule has 2 atom stereocenters. The molecule has 1 aromatic carbocycles. The average Bonchev–Trinajstić information content (AvgIpc) is 2.94. The molecule has 1 aromatic heterocycles. The number of carbonyl (C=O) groups excluding carboxylic acids is 1. The number of nitrogens with one attached hydrogen (secondary N) is 1. The maximum Gasteiger partial charge on any atom is 0.252 e. The predicted octanol–water partition coefficient (Wildman–Crippen LogP) is 2.11. The number of benzene rings is 1. The molecule has 3 rings (SSSR count). The molecular weight excluding hydrogens is 266 g/mol. The van der Waals surface area contributed by atoms with Gasteiger partial charge in [0.15, 0.2) is 0 Å². The molecule has 5 heteroatoms. The van der Waals surface area contributed by atoms with Crippen LogP contribution in [0.25, 0.3) is 10.9 Å². The SMILES string of the molecule is COC1CCC(NC(=O)c2cc(N)nc3ccccc23)C1. The Morgan fingerprint density at radius 2 is 2.19 bits per heavy atom. The summed E-state index contributed by atoms with van der Waals surface area (Å²) >= 11 is 0. The number of anilines is 1. The van der Waals surface area contributed by atoms with Gasteiger partial charge in [0.2, 0.25) is 0 Å². The Bertz CT molecular complexity index is 672. The van der Waals surface area contributed by atoms with Crippen molar-refractivity contribution in [2.24, 2.45) is 0 Å². The summed E-state index contributed by atoms with van der Waals surface area (Å²) < 4.78 is 5.34. The summed E-state index contributed by atoms with van der Waals surface area (Å²) in [6.45, 7) is 0. The van der Waals surface area contributed by atoms with Gasteiger partial charge < -0.3 is 15.8 Å². The summed E-state index contributed by atoms with van der Waals surface area (Å²) in [4.78, 5) is 16.8. The van der Waals surface area contributed by atoms with E-state index < -0.39 is 0 Å². The summed E-state index contributed by atoms with van der Waals surface area (Å²) in [7, 11) is 1.71. The Hall–Kier alpha value is -2.14. The van der Waals surface area contributed by atoms with Gasteiger partial charge in [-0.2, -0.15) is 0 Å². The zero-order valence-corrected chi connectivity index (χ0v) is 12.0. The van der Waals surface area contributed by atoms with E-state index in [4.69, 9.17) is 10.5 Å². The lowest BCUT2D eigenvalue weighted by Gasteiger charge is -2.14. The molecule has 2 aromatic rings. The molecule has 2 unspecified atom stereocenters. The molecule has 21 heavy (non-hydrogen) atoms. The summed E-state index contributed by atoms with van der Waals surface area (Å²) in [5.74, 6) is 0.266. The monoisotopic (exact) mass is 285 g/mol. The fraction of sp³-hybridized carbons (Fsp3) is 0.375. The average molecular weight is 285 g/mol. The zero-order chi connectivity index (χ0) is 14.8. The number of rotatable bonds is 3. The van der Waals surface area contributed by atoms with Gasteiger partial charge in [0.25, 0.3) is 5.91 Å². The molecule has 1 fully saturated rings. The number of hydrogen-bond acceptors (Lipinski definition) is 4. The minimum absolute atomic E-state index is 0.0953. The number of aromatic nitrogens is 1. The van der Waals surface area contributed by atoms with Crippen LogP contribution >= 0.6 is 0 Å². The fourth-order valence-corrected chi connectivity index (χ4v) is 2.93. The van der Waals surface area contributed by atoms with Crippen LogP contribution < -0.4 is 11.1 Å². The smallest absolute Gasteiger partial charge is 0.252 e. The van der Waals surface area contributed by atoms with Crippen LogP contribution in [0.5, 0.6) is 0 Å². The van der Waals surface area contributed by atoms with Gasteiger partial charge in [-0.25, -0.2) is 4.98 Å². The zero-order valence-electron chi connectivity index (χ0n) is 12.0. The number of hydrogen-bond donors (Lipinski definition) is 2. The lowest BCUT2D eigenvalue weighted by atomic mass is 10.1. The minimum Gasteiger partial charge on any atom is -0.384 e. The largest absolute Gasteiger partial charge is 0.384 e. The third-order valence-corrected chi connectivity index (χ3v) is 4.03. The van der Waals surface area contributed by atoms with Crippen molar-refractivity contribution in [3.05, 3.63) is 35.9 Å². The quantitative estimate of drug-likeness (QED) is 0.905. The highest BCUT2D eigenvalue weighted by molar-refractivity contribution is 6.07. The first-order valence-electron chi connectivity index (χ1n) is 7.16. The van der Waals surface area contributed by atoms with Gasteiger partial charge in [0.05, 0.1) is 17.2 Å². The van der Waals surface area contributed by atoms with Crippen molar-refractivity contribution in [1.82, 2.24) is 10.3 Å². The number of amides is 1. The van der Waals surface area contributed by atoms with Gasteiger partial charge in [-0.15, -0.1) is 0 Å². The van der Waals surface area contributed by atoms with Gasteiger partial charge in [-0.05, 0) is 31.4 Å².